The molecule has 0 unspecified atom stereocenters. The van der Waals surface area contributed by atoms with Gasteiger partial charge in [0.2, 0.25) is 0 Å². The van der Waals surface area contributed by atoms with Crippen molar-refractivity contribution in [3.63, 3.8) is 0 Å². The average molecular weight is 284 g/mol. The van der Waals surface area contributed by atoms with E-state index in [-0.39, 0.29) is 5.91 Å². The number of anilines is 1. The fraction of sp³-hybridized carbons (Fsp3) is 0. The SMILES string of the molecule is O=C1Nc2ccccc2/C1=N/N=C/c1cccc(Cl)c1. The molecule has 5 heteroatoms. The van der Waals surface area contributed by atoms with E-state index in [1.54, 1.807) is 18.3 Å². The number of hydrogen-bond donors (Lipinski definition) is 1. The molecule has 20 heavy (non-hydrogen) atoms. The third-order valence-electron chi connectivity index (χ3n) is 2.86. The minimum Gasteiger partial charge on any atom is -0.320 e. The van der Waals surface area contributed by atoms with Crippen LogP contribution in [0.4, 0.5) is 5.69 Å². The number of rotatable bonds is 2. The molecule has 2 aromatic carbocycles. The van der Waals surface area contributed by atoms with Gasteiger partial charge >= 0.3 is 0 Å². The minimum atomic E-state index is -0.241. The molecule has 1 heterocycles. The molecule has 1 amide bonds. The summed E-state index contributed by atoms with van der Waals surface area (Å²) in [5.74, 6) is -0.241. The monoisotopic (exact) mass is 283 g/mol. The Hall–Kier alpha value is -2.46. The highest BCUT2D eigenvalue weighted by Crippen LogP contribution is 2.22. The number of para-hydroxylation sites is 1. The van der Waals surface area contributed by atoms with E-state index in [9.17, 15) is 4.79 Å². The largest absolute Gasteiger partial charge is 0.320 e. The first-order valence-corrected chi connectivity index (χ1v) is 6.39. The topological polar surface area (TPSA) is 53.8 Å². The average Bonchev–Trinajstić information content (AvgIpc) is 2.75. The van der Waals surface area contributed by atoms with Crippen molar-refractivity contribution in [2.45, 2.75) is 0 Å². The van der Waals surface area contributed by atoms with Crippen LogP contribution in [0.15, 0.2) is 58.7 Å². The lowest BCUT2D eigenvalue weighted by molar-refractivity contribution is -0.110. The zero-order chi connectivity index (χ0) is 13.9. The van der Waals surface area contributed by atoms with Gasteiger partial charge in [-0.25, -0.2) is 0 Å². The third kappa shape index (κ3) is 2.46. The number of amides is 1. The van der Waals surface area contributed by atoms with Crippen molar-refractivity contribution in [1.82, 2.24) is 0 Å². The van der Waals surface area contributed by atoms with E-state index in [0.29, 0.717) is 10.7 Å². The number of halogens is 1. The Labute approximate surface area is 120 Å². The highest BCUT2D eigenvalue weighted by molar-refractivity contribution is 6.53. The lowest BCUT2D eigenvalue weighted by Crippen LogP contribution is -2.13. The van der Waals surface area contributed by atoms with Gasteiger partial charge in [-0.05, 0) is 23.8 Å². The fourth-order valence-electron chi connectivity index (χ4n) is 1.94. The maximum Gasteiger partial charge on any atom is 0.276 e. The van der Waals surface area contributed by atoms with Crippen LogP contribution in [-0.4, -0.2) is 17.8 Å². The van der Waals surface area contributed by atoms with Crippen LogP contribution < -0.4 is 5.32 Å². The molecular formula is C15H10ClN3O. The van der Waals surface area contributed by atoms with Gasteiger partial charge in [0.15, 0.2) is 5.71 Å². The third-order valence-corrected chi connectivity index (χ3v) is 3.09. The van der Waals surface area contributed by atoms with Crippen molar-refractivity contribution in [2.75, 3.05) is 5.32 Å². The van der Waals surface area contributed by atoms with Gasteiger partial charge in [0.1, 0.15) is 0 Å². The predicted octanol–water partition coefficient (Wildman–Crippen LogP) is 3.12. The summed E-state index contributed by atoms with van der Waals surface area (Å²) in [6.07, 6.45) is 1.56. The summed E-state index contributed by atoms with van der Waals surface area (Å²) in [5.41, 5.74) is 2.67. The van der Waals surface area contributed by atoms with Crippen molar-refractivity contribution in [3.05, 3.63) is 64.7 Å². The van der Waals surface area contributed by atoms with Gasteiger partial charge in [-0.3, -0.25) is 4.79 Å². The number of carbonyl (C=O) groups excluding carboxylic acids is 1. The summed E-state index contributed by atoms with van der Waals surface area (Å²) in [5, 5.41) is 11.3. The molecule has 2 aromatic rings. The summed E-state index contributed by atoms with van der Waals surface area (Å²) in [6, 6.07) is 14.6. The highest BCUT2D eigenvalue weighted by atomic mass is 35.5. The van der Waals surface area contributed by atoms with E-state index in [1.807, 2.05) is 36.4 Å². The zero-order valence-electron chi connectivity index (χ0n) is 10.4. The number of carbonyl (C=O) groups is 1. The molecule has 98 valence electrons. The Morgan fingerprint density at radius 2 is 1.95 bits per heavy atom. The molecule has 4 nitrogen and oxygen atoms in total. The van der Waals surface area contributed by atoms with Crippen LogP contribution in [0.25, 0.3) is 0 Å². The molecule has 0 fully saturated rings. The highest BCUT2D eigenvalue weighted by Gasteiger charge is 2.25. The van der Waals surface area contributed by atoms with E-state index >= 15 is 0 Å². The maximum absolute atomic E-state index is 11.8. The number of nitrogens with zero attached hydrogens (tertiary/aromatic N) is 2. The molecule has 0 aliphatic carbocycles. The number of nitrogens with one attached hydrogen (secondary N) is 1. The molecule has 0 saturated heterocycles. The Morgan fingerprint density at radius 1 is 1.10 bits per heavy atom. The molecule has 3 rings (SSSR count). The second-order valence-electron chi connectivity index (χ2n) is 4.25. The van der Waals surface area contributed by atoms with Gasteiger partial charge in [0, 0.05) is 10.6 Å². The Balaban J connectivity index is 1.88. The van der Waals surface area contributed by atoms with Crippen molar-refractivity contribution in [2.24, 2.45) is 10.2 Å². The van der Waals surface area contributed by atoms with Gasteiger partial charge in [0.05, 0.1) is 11.9 Å². The normalized spacial score (nSPS) is 15.7. The summed E-state index contributed by atoms with van der Waals surface area (Å²) in [6.45, 7) is 0. The number of benzene rings is 2. The Kier molecular flexibility index (Phi) is 3.31. The molecule has 0 bridgehead atoms. The standard InChI is InChI=1S/C15H10ClN3O/c16-11-5-3-4-10(8-11)9-17-19-14-12-6-1-2-7-13(12)18-15(14)20/h1-9H,(H,18,19,20)/b17-9+. The molecule has 1 N–H and O–H groups in total. The molecular weight excluding hydrogens is 274 g/mol. The fourth-order valence-corrected chi connectivity index (χ4v) is 2.14. The number of fused-ring (bicyclic) bond motifs is 1. The number of hydrogen-bond acceptors (Lipinski definition) is 3. The van der Waals surface area contributed by atoms with Crippen LogP contribution in [0.1, 0.15) is 11.1 Å². The van der Waals surface area contributed by atoms with E-state index in [0.717, 1.165) is 16.8 Å². The van der Waals surface area contributed by atoms with Gasteiger partial charge in [0.25, 0.3) is 5.91 Å². The van der Waals surface area contributed by atoms with Gasteiger partial charge in [-0.1, -0.05) is 41.9 Å². The van der Waals surface area contributed by atoms with Crippen molar-refractivity contribution < 1.29 is 4.79 Å². The lowest BCUT2D eigenvalue weighted by atomic mass is 10.1. The summed E-state index contributed by atoms with van der Waals surface area (Å²) >= 11 is 5.88. The molecule has 0 atom stereocenters. The predicted molar refractivity (Wildman–Crippen MR) is 80.7 cm³/mol. The lowest BCUT2D eigenvalue weighted by Gasteiger charge is -1.94. The Morgan fingerprint density at radius 3 is 2.80 bits per heavy atom. The van der Waals surface area contributed by atoms with Crippen molar-refractivity contribution in [1.29, 1.82) is 0 Å². The maximum atomic E-state index is 11.8. The zero-order valence-corrected chi connectivity index (χ0v) is 11.1. The Bertz CT molecular complexity index is 737. The van der Waals surface area contributed by atoms with Crippen LogP contribution in [0.3, 0.4) is 0 Å². The van der Waals surface area contributed by atoms with Gasteiger partial charge in [-0.2, -0.15) is 5.10 Å². The van der Waals surface area contributed by atoms with E-state index < -0.39 is 0 Å². The molecule has 0 aromatic heterocycles. The second-order valence-corrected chi connectivity index (χ2v) is 4.68. The first-order chi connectivity index (χ1) is 9.74. The minimum absolute atomic E-state index is 0.241. The molecule has 1 aliphatic rings. The summed E-state index contributed by atoms with van der Waals surface area (Å²) in [4.78, 5) is 11.8. The quantitative estimate of drug-likeness (QED) is 0.668. The van der Waals surface area contributed by atoms with Crippen LogP contribution in [0.5, 0.6) is 0 Å². The first-order valence-electron chi connectivity index (χ1n) is 6.01. The smallest absolute Gasteiger partial charge is 0.276 e. The molecule has 0 radical (unpaired) electrons. The van der Waals surface area contributed by atoms with Gasteiger partial charge in [-0.15, -0.1) is 5.10 Å². The van der Waals surface area contributed by atoms with Crippen LogP contribution in [0, 0.1) is 0 Å². The summed E-state index contributed by atoms with van der Waals surface area (Å²) in [7, 11) is 0. The van der Waals surface area contributed by atoms with Crippen molar-refractivity contribution in [3.8, 4) is 0 Å². The van der Waals surface area contributed by atoms with Crippen LogP contribution >= 0.6 is 11.6 Å². The molecule has 1 aliphatic heterocycles. The summed E-state index contributed by atoms with van der Waals surface area (Å²) < 4.78 is 0. The molecule has 0 saturated carbocycles. The van der Waals surface area contributed by atoms with E-state index in [1.165, 1.54) is 0 Å². The van der Waals surface area contributed by atoms with Crippen LogP contribution in [-0.2, 0) is 4.79 Å². The van der Waals surface area contributed by atoms with Crippen molar-refractivity contribution >= 4 is 35.1 Å². The van der Waals surface area contributed by atoms with E-state index in [4.69, 9.17) is 11.6 Å². The molecule has 0 spiro atoms. The second kappa shape index (κ2) is 5.27. The van der Waals surface area contributed by atoms with E-state index in [2.05, 4.69) is 15.5 Å². The first kappa shape index (κ1) is 12.6. The van der Waals surface area contributed by atoms with Crippen LogP contribution in [0.2, 0.25) is 5.02 Å². The van der Waals surface area contributed by atoms with Gasteiger partial charge < -0.3 is 5.32 Å².